The normalized spacial score (nSPS) is 9.67. The molecule has 1 aromatic rings. The van der Waals surface area contributed by atoms with Crippen LogP contribution in [0, 0.1) is 6.92 Å². The van der Waals surface area contributed by atoms with Gasteiger partial charge in [0.15, 0.2) is 6.61 Å². The SMILES string of the molecule is Cc1cccc(OCC(=O)O)c1C(=O)O. The summed E-state index contributed by atoms with van der Waals surface area (Å²) in [7, 11) is 0. The highest BCUT2D eigenvalue weighted by Gasteiger charge is 2.14. The Morgan fingerprint density at radius 2 is 2.00 bits per heavy atom. The van der Waals surface area contributed by atoms with Crippen LogP contribution >= 0.6 is 0 Å². The number of ether oxygens (including phenoxy) is 1. The quantitative estimate of drug-likeness (QED) is 0.778. The molecule has 2 N–H and O–H groups in total. The Hall–Kier alpha value is -2.04. The van der Waals surface area contributed by atoms with Crippen LogP contribution < -0.4 is 4.74 Å². The predicted molar refractivity (Wildman–Crippen MR) is 51.3 cm³/mol. The zero-order valence-corrected chi connectivity index (χ0v) is 8.06. The van der Waals surface area contributed by atoms with E-state index in [1.807, 2.05) is 0 Å². The molecule has 0 amide bonds. The van der Waals surface area contributed by atoms with Crippen LogP contribution in [0.5, 0.6) is 5.75 Å². The van der Waals surface area contributed by atoms with Crippen molar-refractivity contribution < 1.29 is 24.5 Å². The van der Waals surface area contributed by atoms with E-state index in [2.05, 4.69) is 0 Å². The lowest BCUT2D eigenvalue weighted by Gasteiger charge is -2.08. The Morgan fingerprint density at radius 3 is 2.53 bits per heavy atom. The predicted octanol–water partition coefficient (Wildman–Crippen LogP) is 1.16. The minimum absolute atomic E-state index is 0.00116. The number of rotatable bonds is 4. The third-order valence-electron chi connectivity index (χ3n) is 1.80. The number of carbonyl (C=O) groups is 2. The molecule has 1 aromatic carbocycles. The lowest BCUT2D eigenvalue weighted by molar-refractivity contribution is -0.139. The number of hydrogen-bond acceptors (Lipinski definition) is 3. The van der Waals surface area contributed by atoms with Gasteiger partial charge in [-0.1, -0.05) is 12.1 Å². The second-order valence-electron chi connectivity index (χ2n) is 2.94. The Kier molecular flexibility index (Phi) is 3.28. The van der Waals surface area contributed by atoms with E-state index in [0.717, 1.165) is 0 Å². The van der Waals surface area contributed by atoms with E-state index in [1.54, 1.807) is 19.1 Å². The first-order chi connectivity index (χ1) is 7.02. The first-order valence-electron chi connectivity index (χ1n) is 4.20. The molecule has 0 saturated heterocycles. The minimum Gasteiger partial charge on any atom is -0.481 e. The molecule has 0 unspecified atom stereocenters. The Bertz CT molecular complexity index is 397. The average Bonchev–Trinajstić information content (AvgIpc) is 2.13. The molecule has 1 rings (SSSR count). The van der Waals surface area contributed by atoms with E-state index < -0.39 is 18.5 Å². The highest BCUT2D eigenvalue weighted by Crippen LogP contribution is 2.21. The van der Waals surface area contributed by atoms with E-state index >= 15 is 0 Å². The molecule has 0 fully saturated rings. The van der Waals surface area contributed by atoms with Gasteiger partial charge in [0, 0.05) is 0 Å². The summed E-state index contributed by atoms with van der Waals surface area (Å²) in [5.74, 6) is -2.20. The summed E-state index contributed by atoms with van der Waals surface area (Å²) in [6.45, 7) is 1.07. The van der Waals surface area contributed by atoms with Gasteiger partial charge in [-0.2, -0.15) is 0 Å². The number of aryl methyl sites for hydroxylation is 1. The molecule has 0 heterocycles. The van der Waals surface area contributed by atoms with Gasteiger partial charge in [0.25, 0.3) is 0 Å². The zero-order chi connectivity index (χ0) is 11.4. The third-order valence-corrected chi connectivity index (χ3v) is 1.80. The summed E-state index contributed by atoms with van der Waals surface area (Å²) in [5, 5.41) is 17.3. The number of aliphatic carboxylic acids is 1. The van der Waals surface area contributed by atoms with Crippen LogP contribution in [0.2, 0.25) is 0 Å². The molecule has 0 saturated carbocycles. The van der Waals surface area contributed by atoms with Gasteiger partial charge in [0.1, 0.15) is 11.3 Å². The Balaban J connectivity index is 3.01. The topological polar surface area (TPSA) is 83.8 Å². The average molecular weight is 210 g/mol. The molecule has 0 aliphatic carbocycles. The lowest BCUT2D eigenvalue weighted by Crippen LogP contribution is -2.12. The van der Waals surface area contributed by atoms with Gasteiger partial charge in [-0.3, -0.25) is 0 Å². The summed E-state index contributed by atoms with van der Waals surface area (Å²) < 4.78 is 4.86. The largest absolute Gasteiger partial charge is 0.481 e. The number of hydrogen-bond donors (Lipinski definition) is 2. The van der Waals surface area contributed by atoms with Crippen molar-refractivity contribution in [2.24, 2.45) is 0 Å². The van der Waals surface area contributed by atoms with Crippen LogP contribution in [0.3, 0.4) is 0 Å². The van der Waals surface area contributed by atoms with Crippen LogP contribution in [0.4, 0.5) is 0 Å². The molecule has 15 heavy (non-hydrogen) atoms. The van der Waals surface area contributed by atoms with Gasteiger partial charge < -0.3 is 14.9 Å². The number of carboxylic acid groups (broad SMARTS) is 2. The van der Waals surface area contributed by atoms with Crippen LogP contribution in [-0.2, 0) is 4.79 Å². The fourth-order valence-corrected chi connectivity index (χ4v) is 1.17. The monoisotopic (exact) mass is 210 g/mol. The van der Waals surface area contributed by atoms with Crippen molar-refractivity contribution in [3.05, 3.63) is 29.3 Å². The smallest absolute Gasteiger partial charge is 0.341 e. The summed E-state index contributed by atoms with van der Waals surface area (Å²) in [6.07, 6.45) is 0. The Morgan fingerprint density at radius 1 is 1.33 bits per heavy atom. The van der Waals surface area contributed by atoms with Crippen molar-refractivity contribution in [2.75, 3.05) is 6.61 Å². The van der Waals surface area contributed by atoms with Crippen molar-refractivity contribution >= 4 is 11.9 Å². The molecule has 5 heteroatoms. The van der Waals surface area contributed by atoms with Crippen molar-refractivity contribution in [1.82, 2.24) is 0 Å². The molecule has 0 atom stereocenters. The molecule has 0 aliphatic rings. The summed E-state index contributed by atoms with van der Waals surface area (Å²) in [4.78, 5) is 21.1. The maximum atomic E-state index is 10.9. The minimum atomic E-state index is -1.15. The van der Waals surface area contributed by atoms with Gasteiger partial charge in [-0.05, 0) is 18.6 Å². The van der Waals surface area contributed by atoms with Crippen molar-refractivity contribution in [2.45, 2.75) is 6.92 Å². The maximum absolute atomic E-state index is 10.9. The third kappa shape index (κ3) is 2.70. The van der Waals surface area contributed by atoms with Gasteiger partial charge in [0.05, 0.1) is 0 Å². The number of aromatic carboxylic acids is 1. The summed E-state index contributed by atoms with van der Waals surface area (Å²) in [5.41, 5.74) is 0.532. The summed E-state index contributed by atoms with van der Waals surface area (Å²) in [6, 6.07) is 4.66. The molecule has 0 aromatic heterocycles. The van der Waals surface area contributed by atoms with Crippen LogP contribution in [0.25, 0.3) is 0 Å². The standard InChI is InChI=1S/C10H10O5/c1-6-3-2-4-7(9(6)10(13)14)15-5-8(11)12/h2-4H,5H2,1H3,(H,11,12)(H,13,14). The van der Waals surface area contributed by atoms with Crippen LogP contribution in [0.15, 0.2) is 18.2 Å². The fourth-order valence-electron chi connectivity index (χ4n) is 1.17. The molecule has 0 spiro atoms. The second kappa shape index (κ2) is 4.45. The van der Waals surface area contributed by atoms with Crippen molar-refractivity contribution in [3.8, 4) is 5.75 Å². The van der Waals surface area contributed by atoms with Crippen LogP contribution in [0.1, 0.15) is 15.9 Å². The van der Waals surface area contributed by atoms with Crippen LogP contribution in [-0.4, -0.2) is 28.8 Å². The van der Waals surface area contributed by atoms with Gasteiger partial charge in [0.2, 0.25) is 0 Å². The zero-order valence-electron chi connectivity index (χ0n) is 8.06. The van der Waals surface area contributed by atoms with Gasteiger partial charge in [-0.25, -0.2) is 9.59 Å². The van der Waals surface area contributed by atoms with E-state index in [-0.39, 0.29) is 11.3 Å². The molecular weight excluding hydrogens is 200 g/mol. The first-order valence-corrected chi connectivity index (χ1v) is 4.20. The van der Waals surface area contributed by atoms with Gasteiger partial charge >= 0.3 is 11.9 Å². The highest BCUT2D eigenvalue weighted by molar-refractivity contribution is 5.92. The number of benzene rings is 1. The molecule has 0 bridgehead atoms. The molecule has 0 radical (unpaired) electrons. The Labute approximate surface area is 85.9 Å². The maximum Gasteiger partial charge on any atom is 0.341 e. The number of carboxylic acids is 2. The van der Waals surface area contributed by atoms with E-state index in [9.17, 15) is 9.59 Å². The van der Waals surface area contributed by atoms with Gasteiger partial charge in [-0.15, -0.1) is 0 Å². The second-order valence-corrected chi connectivity index (χ2v) is 2.94. The van der Waals surface area contributed by atoms with E-state index in [1.165, 1.54) is 6.07 Å². The van der Waals surface area contributed by atoms with E-state index in [4.69, 9.17) is 14.9 Å². The van der Waals surface area contributed by atoms with Crippen molar-refractivity contribution in [3.63, 3.8) is 0 Å². The lowest BCUT2D eigenvalue weighted by atomic mass is 10.1. The molecule has 80 valence electrons. The molecule has 0 aliphatic heterocycles. The fraction of sp³-hybridized carbons (Fsp3) is 0.200. The van der Waals surface area contributed by atoms with E-state index in [0.29, 0.717) is 5.56 Å². The first kappa shape index (κ1) is 11.0. The molecule has 5 nitrogen and oxygen atoms in total. The summed E-state index contributed by atoms with van der Waals surface area (Å²) >= 11 is 0. The highest BCUT2D eigenvalue weighted by atomic mass is 16.5. The molecular formula is C10H10O5. The van der Waals surface area contributed by atoms with Crippen molar-refractivity contribution in [1.29, 1.82) is 0 Å².